The molecule has 106 valence electrons. The number of carboxylic acid groups (broad SMARTS) is 1. The molecular weight excluding hydrogens is 256 g/mol. The highest BCUT2D eigenvalue weighted by molar-refractivity contribution is 5.80. The van der Waals surface area contributed by atoms with Crippen molar-refractivity contribution < 1.29 is 15.0 Å². The molecule has 1 amide bonds. The van der Waals surface area contributed by atoms with Gasteiger partial charge in [-0.2, -0.15) is 0 Å². The summed E-state index contributed by atoms with van der Waals surface area (Å²) in [5, 5.41) is 19.8. The average molecular weight is 274 g/mol. The normalized spacial score (nSPS) is 23.1. The Morgan fingerprint density at radius 2 is 2.10 bits per heavy atom. The maximum Gasteiger partial charge on any atom is 0.407 e. The van der Waals surface area contributed by atoms with Gasteiger partial charge in [-0.25, -0.2) is 4.79 Å². The first-order valence-electron chi connectivity index (χ1n) is 6.85. The second-order valence-electron chi connectivity index (χ2n) is 5.31. The SMILES string of the molecule is O=C(O)N1CCC(n2ccc3ccccc32)C(CO)C1. The highest BCUT2D eigenvalue weighted by atomic mass is 16.4. The van der Waals surface area contributed by atoms with Crippen molar-refractivity contribution in [2.45, 2.75) is 12.5 Å². The predicted molar refractivity (Wildman–Crippen MR) is 75.8 cm³/mol. The molecule has 5 nitrogen and oxygen atoms in total. The molecular formula is C15H18N2O3. The van der Waals surface area contributed by atoms with Crippen LogP contribution in [0.2, 0.25) is 0 Å². The first-order valence-corrected chi connectivity index (χ1v) is 6.85. The fourth-order valence-corrected chi connectivity index (χ4v) is 3.13. The summed E-state index contributed by atoms with van der Waals surface area (Å²) in [5.41, 5.74) is 1.14. The molecule has 0 bridgehead atoms. The van der Waals surface area contributed by atoms with Gasteiger partial charge in [-0.05, 0) is 23.9 Å². The van der Waals surface area contributed by atoms with Crippen LogP contribution in [-0.2, 0) is 0 Å². The quantitative estimate of drug-likeness (QED) is 0.882. The largest absolute Gasteiger partial charge is 0.465 e. The standard InChI is InChI=1S/C15H18N2O3/c18-10-12-9-16(15(19)20)7-6-14(12)17-8-5-11-3-1-2-4-13(11)17/h1-5,8,12,14,18H,6-7,9-10H2,(H,19,20). The summed E-state index contributed by atoms with van der Waals surface area (Å²) in [6.07, 6.45) is 1.87. The van der Waals surface area contributed by atoms with E-state index in [0.29, 0.717) is 13.1 Å². The number of aliphatic hydroxyl groups is 1. The number of hydrogen-bond donors (Lipinski definition) is 2. The molecule has 0 radical (unpaired) electrons. The molecule has 2 aromatic rings. The fourth-order valence-electron chi connectivity index (χ4n) is 3.13. The Kier molecular flexibility index (Phi) is 3.36. The van der Waals surface area contributed by atoms with Crippen LogP contribution in [0.25, 0.3) is 10.9 Å². The average Bonchev–Trinajstić information content (AvgIpc) is 2.90. The number of para-hydroxylation sites is 1. The number of hydrogen-bond acceptors (Lipinski definition) is 2. The lowest BCUT2D eigenvalue weighted by Gasteiger charge is -2.37. The van der Waals surface area contributed by atoms with Crippen LogP contribution >= 0.6 is 0 Å². The fraction of sp³-hybridized carbons (Fsp3) is 0.400. The van der Waals surface area contributed by atoms with E-state index in [1.807, 2.05) is 18.3 Å². The molecule has 1 aromatic heterocycles. The molecule has 0 aliphatic carbocycles. The molecule has 1 saturated heterocycles. The minimum atomic E-state index is -0.903. The van der Waals surface area contributed by atoms with Crippen LogP contribution in [0.4, 0.5) is 4.79 Å². The predicted octanol–water partition coefficient (Wildman–Crippen LogP) is 2.17. The van der Waals surface area contributed by atoms with Gasteiger partial charge in [0.25, 0.3) is 0 Å². The second-order valence-corrected chi connectivity index (χ2v) is 5.31. The highest BCUT2D eigenvalue weighted by Gasteiger charge is 2.32. The molecule has 2 N–H and O–H groups in total. The van der Waals surface area contributed by atoms with Crippen LogP contribution in [0.3, 0.4) is 0 Å². The molecule has 2 heterocycles. The molecule has 1 fully saturated rings. The topological polar surface area (TPSA) is 65.7 Å². The van der Waals surface area contributed by atoms with Gasteiger partial charge < -0.3 is 19.7 Å². The first-order chi connectivity index (χ1) is 9.70. The summed E-state index contributed by atoms with van der Waals surface area (Å²) in [4.78, 5) is 12.5. The maximum absolute atomic E-state index is 11.1. The minimum Gasteiger partial charge on any atom is -0.465 e. The lowest BCUT2D eigenvalue weighted by Crippen LogP contribution is -2.45. The molecule has 0 saturated carbocycles. The van der Waals surface area contributed by atoms with E-state index in [0.717, 1.165) is 11.9 Å². The number of aromatic nitrogens is 1. The lowest BCUT2D eigenvalue weighted by atomic mass is 9.92. The molecule has 2 atom stereocenters. The molecule has 2 unspecified atom stereocenters. The van der Waals surface area contributed by atoms with Gasteiger partial charge in [0.15, 0.2) is 0 Å². The summed E-state index contributed by atoms with van der Waals surface area (Å²) in [6, 6.07) is 10.3. The van der Waals surface area contributed by atoms with Gasteiger partial charge in [0.1, 0.15) is 0 Å². The Labute approximate surface area is 117 Å². The molecule has 5 heteroatoms. The third-order valence-electron chi connectivity index (χ3n) is 4.19. The van der Waals surface area contributed by atoms with Crippen molar-refractivity contribution in [2.24, 2.45) is 5.92 Å². The Hall–Kier alpha value is -2.01. The summed E-state index contributed by atoms with van der Waals surface area (Å²) in [5.74, 6) is -0.0596. The zero-order chi connectivity index (χ0) is 14.1. The van der Waals surface area contributed by atoms with Crippen LogP contribution < -0.4 is 0 Å². The number of benzene rings is 1. The summed E-state index contributed by atoms with van der Waals surface area (Å²) in [6.45, 7) is 0.910. The van der Waals surface area contributed by atoms with E-state index in [1.165, 1.54) is 10.3 Å². The Morgan fingerprint density at radius 3 is 2.85 bits per heavy atom. The van der Waals surface area contributed by atoms with Crippen LogP contribution in [-0.4, -0.2) is 45.5 Å². The van der Waals surface area contributed by atoms with Crippen LogP contribution in [0.1, 0.15) is 12.5 Å². The van der Waals surface area contributed by atoms with Gasteiger partial charge in [0, 0.05) is 43.4 Å². The van der Waals surface area contributed by atoms with Crippen LogP contribution in [0, 0.1) is 5.92 Å². The highest BCUT2D eigenvalue weighted by Crippen LogP contribution is 2.31. The van der Waals surface area contributed by atoms with Crippen molar-refractivity contribution in [2.75, 3.05) is 19.7 Å². The molecule has 1 aliphatic rings. The van der Waals surface area contributed by atoms with Gasteiger partial charge in [0.2, 0.25) is 0 Å². The first kappa shape index (κ1) is 13.0. The molecule has 1 aliphatic heterocycles. The van der Waals surface area contributed by atoms with Crippen molar-refractivity contribution in [1.82, 2.24) is 9.47 Å². The molecule has 1 aromatic carbocycles. The van der Waals surface area contributed by atoms with Crippen LogP contribution in [0.15, 0.2) is 36.5 Å². The second kappa shape index (κ2) is 5.17. The lowest BCUT2D eigenvalue weighted by molar-refractivity contribution is 0.0726. The number of rotatable bonds is 2. The third kappa shape index (κ3) is 2.14. The number of aliphatic hydroxyl groups excluding tert-OH is 1. The molecule has 0 spiro atoms. The van der Waals surface area contributed by atoms with Crippen molar-refractivity contribution in [3.8, 4) is 0 Å². The van der Waals surface area contributed by atoms with E-state index in [4.69, 9.17) is 5.11 Å². The number of piperidine rings is 1. The zero-order valence-corrected chi connectivity index (χ0v) is 11.1. The Bertz CT molecular complexity index is 622. The number of carbonyl (C=O) groups is 1. The van der Waals surface area contributed by atoms with E-state index < -0.39 is 6.09 Å². The summed E-state index contributed by atoms with van der Waals surface area (Å²) < 4.78 is 2.18. The van der Waals surface area contributed by atoms with Gasteiger partial charge in [-0.1, -0.05) is 18.2 Å². The van der Waals surface area contributed by atoms with Crippen LogP contribution in [0.5, 0.6) is 0 Å². The van der Waals surface area contributed by atoms with Crippen molar-refractivity contribution in [3.63, 3.8) is 0 Å². The van der Waals surface area contributed by atoms with Crippen molar-refractivity contribution in [1.29, 1.82) is 0 Å². The maximum atomic E-state index is 11.1. The molecule has 20 heavy (non-hydrogen) atoms. The zero-order valence-electron chi connectivity index (χ0n) is 11.1. The number of amides is 1. The van der Waals surface area contributed by atoms with E-state index in [2.05, 4.69) is 22.8 Å². The minimum absolute atomic E-state index is 0.000946. The van der Waals surface area contributed by atoms with E-state index >= 15 is 0 Å². The van der Waals surface area contributed by atoms with E-state index in [-0.39, 0.29) is 18.6 Å². The Balaban J connectivity index is 1.91. The molecule has 3 rings (SSSR count). The number of fused-ring (bicyclic) bond motifs is 1. The van der Waals surface area contributed by atoms with Gasteiger partial charge >= 0.3 is 6.09 Å². The van der Waals surface area contributed by atoms with E-state index in [9.17, 15) is 9.90 Å². The van der Waals surface area contributed by atoms with Gasteiger partial charge in [-0.15, -0.1) is 0 Å². The third-order valence-corrected chi connectivity index (χ3v) is 4.19. The Morgan fingerprint density at radius 1 is 1.30 bits per heavy atom. The van der Waals surface area contributed by atoms with Crippen molar-refractivity contribution >= 4 is 17.0 Å². The monoisotopic (exact) mass is 274 g/mol. The summed E-state index contributed by atoms with van der Waals surface area (Å²) in [7, 11) is 0. The van der Waals surface area contributed by atoms with Gasteiger partial charge in [0.05, 0.1) is 0 Å². The summed E-state index contributed by atoms with van der Waals surface area (Å²) >= 11 is 0. The van der Waals surface area contributed by atoms with Crippen molar-refractivity contribution in [3.05, 3.63) is 36.5 Å². The smallest absolute Gasteiger partial charge is 0.407 e. The number of nitrogens with zero attached hydrogens (tertiary/aromatic N) is 2. The van der Waals surface area contributed by atoms with Gasteiger partial charge in [-0.3, -0.25) is 0 Å². The number of likely N-dealkylation sites (tertiary alicyclic amines) is 1. The van der Waals surface area contributed by atoms with E-state index in [1.54, 1.807) is 0 Å².